The quantitative estimate of drug-likeness (QED) is 0.149. The molecule has 11 heteroatoms. The number of aromatic hydroxyl groups is 2. The van der Waals surface area contributed by atoms with Crippen LogP contribution in [0.4, 0.5) is 0 Å². The minimum atomic E-state index is -0.722. The highest BCUT2D eigenvalue weighted by atomic mass is 35.5. The fraction of sp³-hybridized carbons (Fsp3) is 0.133. The van der Waals surface area contributed by atoms with E-state index in [1.54, 1.807) is 11.8 Å². The number of halogens is 4. The van der Waals surface area contributed by atoms with E-state index in [-0.39, 0.29) is 60.1 Å². The summed E-state index contributed by atoms with van der Waals surface area (Å²) < 4.78 is 1.13. The van der Waals surface area contributed by atoms with Gasteiger partial charge in [0.1, 0.15) is 32.5 Å². The van der Waals surface area contributed by atoms with Crippen molar-refractivity contribution in [2.24, 2.45) is 0 Å². The summed E-state index contributed by atoms with van der Waals surface area (Å²) in [5.41, 5.74) is 0.0853. The van der Waals surface area contributed by atoms with Crippen molar-refractivity contribution < 1.29 is 19.8 Å². The van der Waals surface area contributed by atoms with Crippen LogP contribution in [0.5, 0.6) is 11.5 Å². The van der Waals surface area contributed by atoms with Gasteiger partial charge in [0, 0.05) is 11.1 Å². The Balaban J connectivity index is 0.00000110. The summed E-state index contributed by atoms with van der Waals surface area (Å²) in [7, 11) is 0. The molecule has 41 heavy (non-hydrogen) atoms. The second-order valence-electron chi connectivity index (χ2n) is 7.80. The first-order valence-corrected chi connectivity index (χ1v) is 14.9. The summed E-state index contributed by atoms with van der Waals surface area (Å²) in [5.74, 6) is 2.54. The number of terminal acetylenes is 2. The number of thioether (sulfide) groups is 1. The number of ketones is 2. The molecule has 0 saturated carbocycles. The van der Waals surface area contributed by atoms with Gasteiger partial charge in [-0.2, -0.15) is 11.8 Å². The summed E-state index contributed by atoms with van der Waals surface area (Å²) in [4.78, 5) is 29.5. The van der Waals surface area contributed by atoms with E-state index in [0.717, 1.165) is 4.57 Å². The highest BCUT2D eigenvalue weighted by Gasteiger charge is 2.30. The molecule has 3 N–H and O–H groups in total. The zero-order valence-corrected chi connectivity index (χ0v) is 26.1. The molecule has 0 aliphatic carbocycles. The number of aromatic amines is 1. The fourth-order valence-corrected chi connectivity index (χ4v) is 4.38. The number of hydrogen-bond acceptors (Lipinski definition) is 5. The molecule has 0 unspecified atom stereocenters. The molecule has 2 heterocycles. The summed E-state index contributed by atoms with van der Waals surface area (Å²) >= 11 is 27.1. The van der Waals surface area contributed by atoms with Gasteiger partial charge in [-0.25, -0.2) is 0 Å². The monoisotopic (exact) mass is 648 g/mol. The van der Waals surface area contributed by atoms with Crippen LogP contribution in [0.15, 0.2) is 42.5 Å². The summed E-state index contributed by atoms with van der Waals surface area (Å²) in [6.07, 6.45) is 14.8. The molecular formula is C30H24Cl4N2O4S. The van der Waals surface area contributed by atoms with E-state index >= 15 is 0 Å². The van der Waals surface area contributed by atoms with E-state index in [2.05, 4.69) is 16.8 Å². The molecule has 0 bridgehead atoms. The maximum absolute atomic E-state index is 13.4. The molecule has 212 valence electrons. The number of benzene rings is 2. The molecule has 0 spiro atoms. The highest BCUT2D eigenvalue weighted by Crippen LogP contribution is 2.40. The predicted molar refractivity (Wildman–Crippen MR) is 170 cm³/mol. The van der Waals surface area contributed by atoms with E-state index in [9.17, 15) is 19.8 Å². The molecule has 4 aromatic rings. The normalized spacial score (nSPS) is 9.90. The van der Waals surface area contributed by atoms with Crippen molar-refractivity contribution in [3.63, 3.8) is 0 Å². The minimum absolute atomic E-state index is 0.0345. The lowest BCUT2D eigenvalue weighted by atomic mass is 10.0. The SMILES string of the molecule is C#Cc1ccc(C(=O)c2[nH]c(Cl)c(Cl)c2-n2c(C(=O)c3ccc(C#C)cc3O)cc(Cl)c2Cl)c(O)c1.CC.CSC. The number of carbonyl (C=O) groups excluding carboxylic acids is 2. The van der Waals surface area contributed by atoms with Crippen molar-refractivity contribution in [1.29, 1.82) is 0 Å². The van der Waals surface area contributed by atoms with Crippen LogP contribution in [-0.2, 0) is 0 Å². The lowest BCUT2D eigenvalue weighted by molar-refractivity contribution is 0.101. The van der Waals surface area contributed by atoms with Gasteiger partial charge >= 0.3 is 0 Å². The van der Waals surface area contributed by atoms with Crippen molar-refractivity contribution in [3.05, 3.63) is 96.5 Å². The van der Waals surface area contributed by atoms with Crippen LogP contribution in [-0.4, -0.2) is 43.8 Å². The standard InChI is InChI=1S/C26H12Cl4N2O4.C2H6S.C2H6/c1-3-12-5-7-14(18(33)9-12)23(35)17-11-16(27)26(30)32(17)22-20(28)25(29)31-21(22)24(36)15-8-6-13(4-2)10-19(15)34;1-3-2;1-2/h1-2,5-11,31,33-34H;1-2H3;1-2H3. The Labute approximate surface area is 262 Å². The Bertz CT molecular complexity index is 1570. The number of H-pyrrole nitrogens is 1. The van der Waals surface area contributed by atoms with E-state index < -0.39 is 11.6 Å². The van der Waals surface area contributed by atoms with Gasteiger partial charge < -0.3 is 15.2 Å². The van der Waals surface area contributed by atoms with Crippen LogP contribution in [0.25, 0.3) is 5.69 Å². The van der Waals surface area contributed by atoms with Gasteiger partial charge in [-0.3, -0.25) is 14.2 Å². The van der Waals surface area contributed by atoms with Crippen LogP contribution in [0.3, 0.4) is 0 Å². The predicted octanol–water partition coefficient (Wildman–Crippen LogP) is 8.26. The summed E-state index contributed by atoms with van der Waals surface area (Å²) in [6, 6.07) is 9.37. The molecule has 4 rings (SSSR count). The first-order valence-electron chi connectivity index (χ1n) is 11.7. The van der Waals surface area contributed by atoms with Crippen molar-refractivity contribution >= 4 is 69.7 Å². The second-order valence-corrected chi connectivity index (χ2v) is 10.1. The van der Waals surface area contributed by atoms with Crippen LogP contribution in [0.1, 0.15) is 57.1 Å². The van der Waals surface area contributed by atoms with Crippen molar-refractivity contribution in [2.75, 3.05) is 12.5 Å². The number of nitrogens with zero attached hydrogens (tertiary/aromatic N) is 1. The number of phenols is 2. The van der Waals surface area contributed by atoms with Gasteiger partial charge in [0.15, 0.2) is 0 Å². The number of nitrogens with one attached hydrogen (secondary N) is 1. The fourth-order valence-electron chi connectivity index (χ4n) is 3.55. The molecule has 0 radical (unpaired) electrons. The van der Waals surface area contributed by atoms with Crippen molar-refractivity contribution in [2.45, 2.75) is 13.8 Å². The lowest BCUT2D eigenvalue weighted by Gasteiger charge is -2.13. The van der Waals surface area contributed by atoms with Crippen LogP contribution >= 0.6 is 58.2 Å². The third kappa shape index (κ3) is 7.08. The minimum Gasteiger partial charge on any atom is -0.507 e. The third-order valence-electron chi connectivity index (χ3n) is 5.27. The van der Waals surface area contributed by atoms with Crippen LogP contribution < -0.4 is 0 Å². The molecule has 0 aliphatic heterocycles. The van der Waals surface area contributed by atoms with E-state index in [4.69, 9.17) is 59.3 Å². The molecule has 0 aliphatic rings. The number of aromatic nitrogens is 2. The average molecular weight is 650 g/mol. The van der Waals surface area contributed by atoms with Crippen LogP contribution in [0.2, 0.25) is 20.4 Å². The molecular weight excluding hydrogens is 626 g/mol. The third-order valence-corrected chi connectivity index (χ3v) is 6.78. The van der Waals surface area contributed by atoms with E-state index in [1.807, 2.05) is 26.4 Å². The molecule has 6 nitrogen and oxygen atoms in total. The first kappa shape index (κ1) is 33.8. The van der Waals surface area contributed by atoms with Crippen LogP contribution in [0, 0.1) is 24.7 Å². The molecule has 0 amide bonds. The number of rotatable bonds is 5. The Morgan fingerprint density at radius 2 is 1.32 bits per heavy atom. The molecule has 2 aromatic carbocycles. The maximum Gasteiger partial charge on any atom is 0.215 e. The Morgan fingerprint density at radius 3 is 1.76 bits per heavy atom. The van der Waals surface area contributed by atoms with Crippen molar-refractivity contribution in [1.82, 2.24) is 9.55 Å². The lowest BCUT2D eigenvalue weighted by Crippen LogP contribution is -2.13. The van der Waals surface area contributed by atoms with Gasteiger partial charge in [-0.05, 0) is 55.0 Å². The van der Waals surface area contributed by atoms with Gasteiger partial charge in [0.05, 0.1) is 27.5 Å². The van der Waals surface area contributed by atoms with Gasteiger partial charge in [0.25, 0.3) is 0 Å². The van der Waals surface area contributed by atoms with Gasteiger partial charge in [-0.15, -0.1) is 12.8 Å². The van der Waals surface area contributed by atoms with E-state index in [0.29, 0.717) is 11.1 Å². The Kier molecular flexibility index (Phi) is 12.3. The zero-order valence-electron chi connectivity index (χ0n) is 22.3. The van der Waals surface area contributed by atoms with Crippen molar-refractivity contribution in [3.8, 4) is 41.9 Å². The number of carbonyl (C=O) groups is 2. The number of phenolic OH excluding ortho intramolecular Hbond substituents is 2. The maximum atomic E-state index is 13.4. The molecule has 0 saturated heterocycles. The average Bonchev–Trinajstić information content (AvgIpc) is 3.42. The highest BCUT2D eigenvalue weighted by molar-refractivity contribution is 7.97. The Hall–Kier alpha value is -3.43. The number of hydrogen-bond donors (Lipinski definition) is 3. The smallest absolute Gasteiger partial charge is 0.215 e. The molecule has 0 atom stereocenters. The van der Waals surface area contributed by atoms with E-state index in [1.165, 1.54) is 42.5 Å². The Morgan fingerprint density at radius 1 is 0.854 bits per heavy atom. The summed E-state index contributed by atoms with van der Waals surface area (Å²) in [5, 5.41) is 20.3. The topological polar surface area (TPSA) is 95.3 Å². The molecule has 0 fully saturated rings. The second kappa shape index (κ2) is 15.0. The first-order chi connectivity index (χ1) is 19.5. The summed E-state index contributed by atoms with van der Waals surface area (Å²) in [6.45, 7) is 4.00. The van der Waals surface area contributed by atoms with Gasteiger partial charge in [-0.1, -0.05) is 72.1 Å². The zero-order chi connectivity index (χ0) is 31.0. The molecule has 2 aromatic heterocycles. The van der Waals surface area contributed by atoms with Gasteiger partial charge in [0.2, 0.25) is 11.6 Å². The largest absolute Gasteiger partial charge is 0.507 e.